The van der Waals surface area contributed by atoms with E-state index in [9.17, 15) is 9.59 Å². The normalized spacial score (nSPS) is 13.4. The van der Waals surface area contributed by atoms with Crippen molar-refractivity contribution in [2.45, 2.75) is 13.0 Å². The number of hydrogen-bond donors (Lipinski definition) is 1. The molecule has 1 aliphatic rings. The predicted octanol–water partition coefficient (Wildman–Crippen LogP) is 3.06. The van der Waals surface area contributed by atoms with Gasteiger partial charge in [0.25, 0.3) is 5.91 Å². The molecule has 0 saturated carbocycles. The summed E-state index contributed by atoms with van der Waals surface area (Å²) in [6.45, 7) is 2.43. The van der Waals surface area contributed by atoms with Crippen LogP contribution in [0.2, 0.25) is 0 Å². The Bertz CT molecular complexity index is 954. The number of rotatable bonds is 7. The molecule has 0 unspecified atom stereocenters. The summed E-state index contributed by atoms with van der Waals surface area (Å²) in [6.07, 6.45) is 1.82. The highest BCUT2D eigenvalue weighted by molar-refractivity contribution is 5.96. The van der Waals surface area contributed by atoms with E-state index in [0.717, 1.165) is 5.56 Å². The van der Waals surface area contributed by atoms with Crippen molar-refractivity contribution in [2.24, 2.45) is 0 Å². The second-order valence-electron chi connectivity index (χ2n) is 6.37. The Morgan fingerprint density at radius 2 is 1.73 bits per heavy atom. The standard InChI is InChI=1S/C22H23NO7/c1-14(22(25)23-16-6-8-18-20(13-16)29-11-10-28-18)30-21(24)9-5-15-4-7-17(26-2)19(12-15)27-3/h4-9,12-14H,10-11H2,1-3H3,(H,23,25)/b9-5+/t14-/m1/s1. The first kappa shape index (κ1) is 21.0. The zero-order valence-electron chi connectivity index (χ0n) is 17.0. The molecule has 8 nitrogen and oxygen atoms in total. The van der Waals surface area contributed by atoms with Crippen molar-refractivity contribution in [1.29, 1.82) is 0 Å². The minimum atomic E-state index is -0.985. The third-order valence-electron chi connectivity index (χ3n) is 4.29. The average Bonchev–Trinajstić information content (AvgIpc) is 2.77. The number of ether oxygens (including phenoxy) is 5. The summed E-state index contributed by atoms with van der Waals surface area (Å²) in [7, 11) is 3.07. The molecule has 0 bridgehead atoms. The Morgan fingerprint density at radius 1 is 1.00 bits per heavy atom. The maximum Gasteiger partial charge on any atom is 0.331 e. The number of esters is 1. The fourth-order valence-corrected chi connectivity index (χ4v) is 2.75. The summed E-state index contributed by atoms with van der Waals surface area (Å²) in [5, 5.41) is 2.69. The molecule has 2 aromatic carbocycles. The van der Waals surface area contributed by atoms with Gasteiger partial charge in [-0.15, -0.1) is 0 Å². The summed E-state index contributed by atoms with van der Waals surface area (Å²) < 4.78 is 26.5. The predicted molar refractivity (Wildman–Crippen MR) is 110 cm³/mol. The van der Waals surface area contributed by atoms with Gasteiger partial charge < -0.3 is 29.0 Å². The molecule has 0 spiro atoms. The van der Waals surface area contributed by atoms with Crippen LogP contribution in [-0.2, 0) is 14.3 Å². The molecule has 0 saturated heterocycles. The summed E-state index contributed by atoms with van der Waals surface area (Å²) in [5.74, 6) is 1.21. The van der Waals surface area contributed by atoms with Gasteiger partial charge >= 0.3 is 5.97 Å². The molecule has 1 N–H and O–H groups in total. The number of benzene rings is 2. The molecule has 0 aromatic heterocycles. The van der Waals surface area contributed by atoms with Gasteiger partial charge in [0.05, 0.1) is 14.2 Å². The molecule has 0 radical (unpaired) electrons. The van der Waals surface area contributed by atoms with Crippen molar-refractivity contribution in [3.63, 3.8) is 0 Å². The Morgan fingerprint density at radius 3 is 2.47 bits per heavy atom. The molecule has 1 amide bonds. The lowest BCUT2D eigenvalue weighted by Gasteiger charge is -2.19. The summed E-state index contributed by atoms with van der Waals surface area (Å²) >= 11 is 0. The van der Waals surface area contributed by atoms with Crippen LogP contribution in [0.1, 0.15) is 12.5 Å². The highest BCUT2D eigenvalue weighted by atomic mass is 16.6. The second kappa shape index (κ2) is 9.69. The first-order chi connectivity index (χ1) is 14.5. The third kappa shape index (κ3) is 5.22. The van der Waals surface area contributed by atoms with E-state index < -0.39 is 18.0 Å². The maximum atomic E-state index is 12.3. The number of fused-ring (bicyclic) bond motifs is 1. The molecule has 3 rings (SSSR count). The number of nitrogens with one attached hydrogen (secondary N) is 1. The highest BCUT2D eigenvalue weighted by Gasteiger charge is 2.18. The van der Waals surface area contributed by atoms with Crippen LogP contribution in [0.25, 0.3) is 6.08 Å². The lowest BCUT2D eigenvalue weighted by atomic mass is 10.2. The number of carbonyl (C=O) groups excluding carboxylic acids is 2. The topological polar surface area (TPSA) is 92.3 Å². The number of methoxy groups -OCH3 is 2. The largest absolute Gasteiger partial charge is 0.493 e. The van der Waals surface area contributed by atoms with E-state index in [0.29, 0.717) is 41.9 Å². The van der Waals surface area contributed by atoms with Gasteiger partial charge in [-0.05, 0) is 42.8 Å². The van der Waals surface area contributed by atoms with Crippen molar-refractivity contribution in [3.8, 4) is 23.0 Å². The van der Waals surface area contributed by atoms with Crippen LogP contribution in [0.3, 0.4) is 0 Å². The molecule has 158 valence electrons. The van der Waals surface area contributed by atoms with Gasteiger partial charge in [-0.3, -0.25) is 4.79 Å². The quantitative estimate of drug-likeness (QED) is 0.551. The monoisotopic (exact) mass is 413 g/mol. The van der Waals surface area contributed by atoms with Gasteiger partial charge in [-0.25, -0.2) is 4.79 Å². The first-order valence-corrected chi connectivity index (χ1v) is 9.31. The Kier molecular flexibility index (Phi) is 6.79. The number of amides is 1. The number of hydrogen-bond acceptors (Lipinski definition) is 7. The van der Waals surface area contributed by atoms with Crippen LogP contribution in [0.5, 0.6) is 23.0 Å². The fraction of sp³-hybridized carbons (Fsp3) is 0.273. The van der Waals surface area contributed by atoms with Crippen molar-refractivity contribution in [2.75, 3.05) is 32.8 Å². The Balaban J connectivity index is 1.56. The van der Waals surface area contributed by atoms with Crippen LogP contribution in [0.4, 0.5) is 5.69 Å². The van der Waals surface area contributed by atoms with Crippen LogP contribution < -0.4 is 24.3 Å². The SMILES string of the molecule is COc1ccc(/C=C/C(=O)O[C@H](C)C(=O)Nc2ccc3c(c2)OCCO3)cc1OC. The van der Waals surface area contributed by atoms with Gasteiger partial charge in [0.1, 0.15) is 13.2 Å². The van der Waals surface area contributed by atoms with Crippen molar-refractivity contribution < 1.29 is 33.3 Å². The average molecular weight is 413 g/mol. The minimum absolute atomic E-state index is 0.449. The van der Waals surface area contributed by atoms with Gasteiger partial charge in [0.15, 0.2) is 29.1 Å². The van der Waals surface area contributed by atoms with E-state index >= 15 is 0 Å². The molecular weight excluding hydrogens is 390 g/mol. The minimum Gasteiger partial charge on any atom is -0.493 e. The van der Waals surface area contributed by atoms with Gasteiger partial charge in [0, 0.05) is 17.8 Å². The van der Waals surface area contributed by atoms with Gasteiger partial charge in [-0.1, -0.05) is 6.07 Å². The molecule has 1 atom stereocenters. The molecule has 8 heteroatoms. The molecule has 2 aromatic rings. The Labute approximate surface area is 174 Å². The van der Waals surface area contributed by atoms with E-state index in [2.05, 4.69) is 5.32 Å². The van der Waals surface area contributed by atoms with Crippen molar-refractivity contribution >= 4 is 23.6 Å². The van der Waals surface area contributed by atoms with Crippen molar-refractivity contribution in [3.05, 3.63) is 48.0 Å². The second-order valence-corrected chi connectivity index (χ2v) is 6.37. The third-order valence-corrected chi connectivity index (χ3v) is 4.29. The fourth-order valence-electron chi connectivity index (χ4n) is 2.75. The lowest BCUT2D eigenvalue weighted by Crippen LogP contribution is -2.29. The summed E-state index contributed by atoms with van der Waals surface area (Å²) in [4.78, 5) is 24.4. The molecule has 1 aliphatic heterocycles. The van der Waals surface area contributed by atoms with E-state index in [1.807, 2.05) is 0 Å². The van der Waals surface area contributed by atoms with Crippen molar-refractivity contribution in [1.82, 2.24) is 0 Å². The molecule has 1 heterocycles. The zero-order valence-corrected chi connectivity index (χ0v) is 17.0. The lowest BCUT2D eigenvalue weighted by molar-refractivity contribution is -0.148. The van der Waals surface area contributed by atoms with E-state index in [1.54, 1.807) is 49.6 Å². The summed E-state index contributed by atoms with van der Waals surface area (Å²) in [5.41, 5.74) is 1.24. The molecule has 30 heavy (non-hydrogen) atoms. The maximum absolute atomic E-state index is 12.3. The summed E-state index contributed by atoms with van der Waals surface area (Å²) in [6, 6.07) is 10.3. The first-order valence-electron chi connectivity index (χ1n) is 9.31. The smallest absolute Gasteiger partial charge is 0.331 e. The molecule has 0 fully saturated rings. The molecular formula is C22H23NO7. The van der Waals surface area contributed by atoms with Crippen LogP contribution in [0.15, 0.2) is 42.5 Å². The van der Waals surface area contributed by atoms with Crippen LogP contribution in [0, 0.1) is 0 Å². The zero-order chi connectivity index (χ0) is 21.5. The van der Waals surface area contributed by atoms with Crippen LogP contribution >= 0.6 is 0 Å². The number of anilines is 1. The molecule has 0 aliphatic carbocycles. The highest BCUT2D eigenvalue weighted by Crippen LogP contribution is 2.32. The van der Waals surface area contributed by atoms with Gasteiger partial charge in [0.2, 0.25) is 0 Å². The van der Waals surface area contributed by atoms with Crippen LogP contribution in [-0.4, -0.2) is 45.4 Å². The van der Waals surface area contributed by atoms with E-state index in [1.165, 1.54) is 20.1 Å². The number of carbonyl (C=O) groups is 2. The van der Waals surface area contributed by atoms with E-state index in [4.69, 9.17) is 23.7 Å². The van der Waals surface area contributed by atoms with Gasteiger partial charge in [-0.2, -0.15) is 0 Å². The van der Waals surface area contributed by atoms with E-state index in [-0.39, 0.29) is 0 Å². The Hall–Kier alpha value is -3.68.